The first-order valence-corrected chi connectivity index (χ1v) is 23.0. The van der Waals surface area contributed by atoms with Crippen LogP contribution >= 0.6 is 0 Å². The van der Waals surface area contributed by atoms with E-state index < -0.39 is 11.3 Å². The molecule has 8 aromatic rings. The first-order valence-electron chi connectivity index (χ1n) is 23.0. The topological polar surface area (TPSA) is 152 Å². The number of amides is 2. The summed E-state index contributed by atoms with van der Waals surface area (Å²) in [5, 5.41) is 17.7. The van der Waals surface area contributed by atoms with Crippen molar-refractivity contribution in [2.24, 2.45) is 5.73 Å². The van der Waals surface area contributed by atoms with E-state index in [1.165, 1.54) is 0 Å². The van der Waals surface area contributed by atoms with E-state index in [0.717, 1.165) is 83.8 Å². The van der Waals surface area contributed by atoms with Crippen molar-refractivity contribution in [3.05, 3.63) is 168 Å². The highest BCUT2D eigenvalue weighted by Crippen LogP contribution is 2.44. The van der Waals surface area contributed by atoms with Gasteiger partial charge in [0.15, 0.2) is 11.6 Å². The average molecular weight is 911 g/mol. The highest BCUT2D eigenvalue weighted by molar-refractivity contribution is 6.12. The van der Waals surface area contributed by atoms with Gasteiger partial charge in [0.1, 0.15) is 30.1 Å². The standard InChI is InChI=1S/C54H58N10O4/c1-60(2)27-30-62(4)51-46-33-42(19-25-48(46)56-58-51)64(43-20-26-49-47(34-43)52(59-57-49)63-31-28-61(3)29-32-63)53(66)54(35-50(55)65,40-15-21-44(22-16-40)67-36-38-11-7-5-8-12-38)41-17-23-45(24-18-41)68-37-39-13-9-6-10-14-39/h5-26,33-34H,27-32,35-37H2,1-4H3,(H2,55,65)(H,56,58)(H,57,59). The molecule has 0 radical (unpaired) electrons. The summed E-state index contributed by atoms with van der Waals surface area (Å²) in [5.74, 6) is 1.75. The summed E-state index contributed by atoms with van der Waals surface area (Å²) in [6.45, 7) is 5.68. The van der Waals surface area contributed by atoms with Crippen molar-refractivity contribution >= 4 is 56.6 Å². The molecular formula is C54H58N10O4. The third-order valence-electron chi connectivity index (χ3n) is 12.8. The van der Waals surface area contributed by atoms with Crippen molar-refractivity contribution in [1.29, 1.82) is 0 Å². The zero-order valence-corrected chi connectivity index (χ0v) is 39.1. The van der Waals surface area contributed by atoms with E-state index >= 15 is 4.79 Å². The van der Waals surface area contributed by atoms with E-state index in [4.69, 9.17) is 25.4 Å². The Labute approximate surface area is 396 Å². The molecule has 14 nitrogen and oxygen atoms in total. The predicted octanol–water partition coefficient (Wildman–Crippen LogP) is 7.87. The Balaban J connectivity index is 1.20. The van der Waals surface area contributed by atoms with Crippen LogP contribution in [-0.4, -0.2) is 109 Å². The quantitative estimate of drug-likeness (QED) is 0.0776. The lowest BCUT2D eigenvalue weighted by Crippen LogP contribution is -2.48. The minimum atomic E-state index is -1.65. The van der Waals surface area contributed by atoms with Gasteiger partial charge in [0.05, 0.1) is 11.0 Å². The second-order valence-corrected chi connectivity index (χ2v) is 17.9. The SMILES string of the molecule is CN(C)CCN(C)c1n[nH]c2ccc(N(C(=O)C(CC(N)=O)(c3ccc(OCc4ccccc4)cc3)c3ccc(OCc4ccccc4)cc3)c3ccc4[nH]nc(N5CCN(C)CC5)c4c3)cc12. The van der Waals surface area contributed by atoms with Crippen molar-refractivity contribution in [1.82, 2.24) is 30.2 Å². The predicted molar refractivity (Wildman–Crippen MR) is 270 cm³/mol. The van der Waals surface area contributed by atoms with E-state index in [1.807, 2.05) is 167 Å². The van der Waals surface area contributed by atoms with E-state index in [9.17, 15) is 4.79 Å². The molecule has 9 rings (SSSR count). The molecular weight excluding hydrogens is 853 g/mol. The summed E-state index contributed by atoms with van der Waals surface area (Å²) in [7, 11) is 8.22. The Bertz CT molecular complexity index is 2880. The molecule has 68 heavy (non-hydrogen) atoms. The number of fused-ring (bicyclic) bond motifs is 2. The maximum atomic E-state index is 16.6. The molecule has 0 spiro atoms. The number of primary amides is 1. The summed E-state index contributed by atoms with van der Waals surface area (Å²) in [5.41, 5.74) is 10.6. The van der Waals surface area contributed by atoms with Crippen LogP contribution < -0.4 is 29.9 Å². The van der Waals surface area contributed by atoms with Crippen LogP contribution in [0.5, 0.6) is 11.5 Å². The molecule has 0 bridgehead atoms. The molecule has 1 saturated heterocycles. The number of rotatable bonds is 18. The number of hydrogen-bond acceptors (Lipinski definition) is 10. The van der Waals surface area contributed by atoms with Crippen LogP contribution in [0.2, 0.25) is 0 Å². The normalized spacial score (nSPS) is 13.3. The molecule has 0 aliphatic carbocycles. The monoisotopic (exact) mass is 910 g/mol. The maximum absolute atomic E-state index is 16.6. The number of H-pyrrole nitrogens is 2. The molecule has 0 saturated carbocycles. The molecule has 0 unspecified atom stereocenters. The van der Waals surface area contributed by atoms with Crippen molar-refractivity contribution in [2.45, 2.75) is 25.0 Å². The average Bonchev–Trinajstić information content (AvgIpc) is 3.99. The van der Waals surface area contributed by atoms with Crippen molar-refractivity contribution in [2.75, 3.05) is 82.2 Å². The fourth-order valence-electron chi connectivity index (χ4n) is 8.94. The number of hydrogen-bond donors (Lipinski definition) is 3. The number of carbonyl (C=O) groups excluding carboxylic acids is 2. The lowest BCUT2D eigenvalue weighted by atomic mass is 9.70. The van der Waals surface area contributed by atoms with Gasteiger partial charge in [-0.1, -0.05) is 84.9 Å². The molecule has 1 fully saturated rings. The summed E-state index contributed by atoms with van der Waals surface area (Å²) >= 11 is 0. The maximum Gasteiger partial charge on any atom is 0.247 e. The molecule has 4 N–H and O–H groups in total. The van der Waals surface area contributed by atoms with E-state index in [-0.39, 0.29) is 12.3 Å². The van der Waals surface area contributed by atoms with Crippen LogP contribution in [0.3, 0.4) is 0 Å². The minimum absolute atomic E-state index is 0.344. The Kier molecular flexibility index (Phi) is 13.4. The number of aromatic nitrogens is 4. The molecule has 14 heteroatoms. The van der Waals surface area contributed by atoms with Crippen molar-refractivity contribution in [3.8, 4) is 11.5 Å². The van der Waals surface area contributed by atoms with Crippen LogP contribution in [0.1, 0.15) is 28.7 Å². The summed E-state index contributed by atoms with van der Waals surface area (Å²) in [6.07, 6.45) is -0.344. The van der Waals surface area contributed by atoms with Gasteiger partial charge in [0.25, 0.3) is 0 Å². The largest absolute Gasteiger partial charge is 0.489 e. The summed E-state index contributed by atoms with van der Waals surface area (Å²) in [4.78, 5) is 40.9. The first-order chi connectivity index (χ1) is 33.0. The second-order valence-electron chi connectivity index (χ2n) is 17.9. The molecule has 2 amide bonds. The number of carbonyl (C=O) groups is 2. The van der Waals surface area contributed by atoms with Crippen molar-refractivity contribution < 1.29 is 19.1 Å². The number of likely N-dealkylation sites (N-methyl/N-ethyl adjacent to an activating group) is 3. The van der Waals surface area contributed by atoms with Gasteiger partial charge in [-0.05, 0) is 104 Å². The van der Waals surface area contributed by atoms with Gasteiger partial charge < -0.3 is 34.8 Å². The molecule has 6 aromatic carbocycles. The van der Waals surface area contributed by atoms with Crippen molar-refractivity contribution in [3.63, 3.8) is 0 Å². The number of benzene rings is 6. The zero-order chi connectivity index (χ0) is 47.2. The van der Waals surface area contributed by atoms with Crippen LogP contribution in [0.4, 0.5) is 23.0 Å². The third-order valence-corrected chi connectivity index (χ3v) is 12.8. The van der Waals surface area contributed by atoms with Crippen LogP contribution in [0.25, 0.3) is 21.8 Å². The van der Waals surface area contributed by atoms with Crippen LogP contribution in [-0.2, 0) is 28.2 Å². The summed E-state index contributed by atoms with van der Waals surface area (Å²) < 4.78 is 12.5. The highest BCUT2D eigenvalue weighted by atomic mass is 16.5. The van der Waals surface area contributed by atoms with Gasteiger partial charge in [0, 0.05) is 74.9 Å². The van der Waals surface area contributed by atoms with Gasteiger partial charge >= 0.3 is 0 Å². The van der Waals surface area contributed by atoms with E-state index in [0.29, 0.717) is 47.2 Å². The summed E-state index contributed by atoms with van der Waals surface area (Å²) in [6, 6.07) is 46.4. The Morgan fingerprint density at radius 2 is 1.16 bits per heavy atom. The fraction of sp³-hybridized carbons (Fsp3) is 0.259. The van der Waals surface area contributed by atoms with Gasteiger partial charge in [-0.3, -0.25) is 24.7 Å². The Hall–Kier alpha value is -7.68. The number of aromatic amines is 2. The first kappa shape index (κ1) is 45.5. The molecule has 1 aliphatic rings. The molecule has 0 atom stereocenters. The fourth-order valence-corrected chi connectivity index (χ4v) is 8.94. The van der Waals surface area contributed by atoms with Gasteiger partial charge in [-0.2, -0.15) is 10.2 Å². The van der Waals surface area contributed by atoms with E-state index in [2.05, 4.69) is 36.8 Å². The molecule has 3 heterocycles. The van der Waals surface area contributed by atoms with E-state index in [1.54, 1.807) is 4.90 Å². The number of nitrogens with two attached hydrogens (primary N) is 1. The Morgan fingerprint density at radius 1 is 0.647 bits per heavy atom. The van der Waals surface area contributed by atoms with Crippen LogP contribution in [0.15, 0.2) is 146 Å². The van der Waals surface area contributed by atoms with Crippen LogP contribution in [0, 0.1) is 0 Å². The number of nitrogens with one attached hydrogen (secondary N) is 2. The number of nitrogens with zero attached hydrogens (tertiary/aromatic N) is 7. The minimum Gasteiger partial charge on any atom is -0.489 e. The number of anilines is 4. The highest BCUT2D eigenvalue weighted by Gasteiger charge is 2.47. The Morgan fingerprint density at radius 3 is 1.69 bits per heavy atom. The lowest BCUT2D eigenvalue weighted by molar-refractivity contribution is -0.127. The molecule has 348 valence electrons. The third kappa shape index (κ3) is 9.73. The van der Waals surface area contributed by atoms with Gasteiger partial charge in [-0.25, -0.2) is 0 Å². The van der Waals surface area contributed by atoms with Gasteiger partial charge in [0.2, 0.25) is 11.8 Å². The van der Waals surface area contributed by atoms with Gasteiger partial charge in [-0.15, -0.1) is 0 Å². The second kappa shape index (κ2) is 20.0. The smallest absolute Gasteiger partial charge is 0.247 e. The molecule has 1 aliphatic heterocycles. The number of ether oxygens (including phenoxy) is 2. The lowest BCUT2D eigenvalue weighted by Gasteiger charge is -2.38. The molecule has 2 aromatic heterocycles. The number of piperazine rings is 1. The zero-order valence-electron chi connectivity index (χ0n) is 39.1.